The van der Waals surface area contributed by atoms with Gasteiger partial charge in [-0.1, -0.05) is 32.0 Å². The van der Waals surface area contributed by atoms with Gasteiger partial charge in [-0.05, 0) is 59.9 Å². The Morgan fingerprint density at radius 3 is 2.48 bits per heavy atom. The molecule has 0 aliphatic carbocycles. The molecule has 0 radical (unpaired) electrons. The van der Waals surface area contributed by atoms with Crippen molar-refractivity contribution in [3.63, 3.8) is 0 Å². The highest BCUT2D eigenvalue weighted by Gasteiger charge is 2.10. The molecule has 1 heterocycles. The van der Waals surface area contributed by atoms with E-state index in [1.807, 2.05) is 24.3 Å². The minimum Gasteiger partial charge on any atom is -0.493 e. The quantitative estimate of drug-likeness (QED) is 0.259. The predicted molar refractivity (Wildman–Crippen MR) is 128 cm³/mol. The molecule has 0 fully saturated rings. The lowest BCUT2D eigenvalue weighted by molar-refractivity contribution is 0.0955. The number of rotatable bonds is 11. The number of pyridine rings is 1. The number of carbonyl (C=O) groups excluding carboxylic acids is 1. The van der Waals surface area contributed by atoms with E-state index in [4.69, 9.17) is 14.2 Å². The monoisotopic (exact) mass is 447 g/mol. The molecular weight excluding hydrogens is 418 g/mol. The van der Waals surface area contributed by atoms with E-state index in [-0.39, 0.29) is 5.91 Å². The van der Waals surface area contributed by atoms with E-state index in [1.165, 1.54) is 5.56 Å². The zero-order valence-electron chi connectivity index (χ0n) is 19.2. The molecule has 7 nitrogen and oxygen atoms in total. The summed E-state index contributed by atoms with van der Waals surface area (Å²) in [5, 5.41) is 4.00. The van der Waals surface area contributed by atoms with Gasteiger partial charge in [0.15, 0.2) is 11.5 Å². The summed E-state index contributed by atoms with van der Waals surface area (Å²) in [7, 11) is 1.58. The van der Waals surface area contributed by atoms with Crippen molar-refractivity contribution < 1.29 is 19.0 Å². The summed E-state index contributed by atoms with van der Waals surface area (Å²) in [5.41, 5.74) is 4.93. The zero-order chi connectivity index (χ0) is 23.5. The van der Waals surface area contributed by atoms with Crippen LogP contribution in [-0.2, 0) is 0 Å². The fourth-order valence-electron chi connectivity index (χ4n) is 3.16. The summed E-state index contributed by atoms with van der Waals surface area (Å²) in [6.07, 6.45) is 5.70. The third-order valence-corrected chi connectivity index (χ3v) is 5.17. The van der Waals surface area contributed by atoms with Crippen LogP contribution in [-0.4, -0.2) is 37.4 Å². The van der Waals surface area contributed by atoms with E-state index in [9.17, 15) is 4.79 Å². The third kappa shape index (κ3) is 6.80. The summed E-state index contributed by atoms with van der Waals surface area (Å²) in [5.74, 6) is 2.19. The van der Waals surface area contributed by atoms with E-state index < -0.39 is 0 Å². The van der Waals surface area contributed by atoms with Crippen LogP contribution in [0.3, 0.4) is 0 Å². The summed E-state index contributed by atoms with van der Waals surface area (Å²) in [4.78, 5) is 15.9. The molecule has 1 unspecified atom stereocenters. The van der Waals surface area contributed by atoms with Crippen LogP contribution in [0.2, 0.25) is 0 Å². The van der Waals surface area contributed by atoms with Gasteiger partial charge in [0.2, 0.25) is 0 Å². The number of amides is 1. The Balaban J connectivity index is 1.53. The molecule has 33 heavy (non-hydrogen) atoms. The molecule has 2 aromatic carbocycles. The van der Waals surface area contributed by atoms with Gasteiger partial charge in [0.1, 0.15) is 19.0 Å². The number of methoxy groups -OCH3 is 1. The average molecular weight is 448 g/mol. The summed E-state index contributed by atoms with van der Waals surface area (Å²) in [6.45, 7) is 5.15. The highest BCUT2D eigenvalue weighted by Crippen LogP contribution is 2.29. The van der Waals surface area contributed by atoms with Crippen molar-refractivity contribution >= 4 is 12.1 Å². The van der Waals surface area contributed by atoms with Crippen LogP contribution in [0.25, 0.3) is 0 Å². The number of hydrogen-bond acceptors (Lipinski definition) is 6. The predicted octanol–water partition coefficient (Wildman–Crippen LogP) is 4.83. The van der Waals surface area contributed by atoms with Crippen LogP contribution in [0.5, 0.6) is 17.2 Å². The highest BCUT2D eigenvalue weighted by molar-refractivity contribution is 5.94. The number of nitrogens with zero attached hydrogens (tertiary/aromatic N) is 2. The van der Waals surface area contributed by atoms with Gasteiger partial charge in [-0.2, -0.15) is 5.10 Å². The minimum absolute atomic E-state index is 0.310. The topological polar surface area (TPSA) is 82.0 Å². The fourth-order valence-corrected chi connectivity index (χ4v) is 3.16. The lowest BCUT2D eigenvalue weighted by atomic mass is 9.98. The van der Waals surface area contributed by atoms with Crippen LogP contribution in [0.4, 0.5) is 0 Å². The molecule has 172 valence electrons. The Labute approximate surface area is 194 Å². The SMILES string of the molecule is CCC(C)c1ccccc1OCCOc1ccc(/C=N/NC(=O)c2ccncc2)cc1OC. The molecule has 0 saturated carbocycles. The first-order chi connectivity index (χ1) is 16.1. The van der Waals surface area contributed by atoms with E-state index in [2.05, 4.69) is 35.4 Å². The molecule has 1 amide bonds. The largest absolute Gasteiger partial charge is 0.493 e. The van der Waals surface area contributed by atoms with Crippen molar-refractivity contribution in [2.24, 2.45) is 5.10 Å². The van der Waals surface area contributed by atoms with Gasteiger partial charge in [-0.25, -0.2) is 5.43 Å². The molecule has 0 aliphatic heterocycles. The summed E-state index contributed by atoms with van der Waals surface area (Å²) >= 11 is 0. The third-order valence-electron chi connectivity index (χ3n) is 5.17. The van der Waals surface area contributed by atoms with Crippen LogP contribution in [0.15, 0.2) is 72.1 Å². The van der Waals surface area contributed by atoms with Crippen LogP contribution < -0.4 is 19.6 Å². The molecule has 3 aromatic rings. The Bertz CT molecular complexity index is 1070. The number of hydrazone groups is 1. The van der Waals surface area contributed by atoms with Gasteiger partial charge in [0, 0.05) is 18.0 Å². The van der Waals surface area contributed by atoms with Crippen molar-refractivity contribution in [2.45, 2.75) is 26.2 Å². The number of nitrogens with one attached hydrogen (secondary N) is 1. The van der Waals surface area contributed by atoms with Crippen LogP contribution in [0, 0.1) is 0 Å². The molecule has 1 aromatic heterocycles. The van der Waals surface area contributed by atoms with Crippen molar-refractivity contribution in [2.75, 3.05) is 20.3 Å². The van der Waals surface area contributed by atoms with Crippen molar-refractivity contribution in [3.8, 4) is 17.2 Å². The normalized spacial score (nSPS) is 11.7. The molecule has 7 heteroatoms. The molecular formula is C26H29N3O4. The van der Waals surface area contributed by atoms with Crippen LogP contribution >= 0.6 is 0 Å². The van der Waals surface area contributed by atoms with Gasteiger partial charge in [-0.3, -0.25) is 9.78 Å². The molecule has 0 aliphatic rings. The molecule has 3 rings (SSSR count). The Hall–Kier alpha value is -3.87. The van der Waals surface area contributed by atoms with Gasteiger partial charge in [-0.15, -0.1) is 0 Å². The maximum absolute atomic E-state index is 12.0. The summed E-state index contributed by atoms with van der Waals surface area (Å²) < 4.78 is 17.3. The Morgan fingerprint density at radius 1 is 1.03 bits per heavy atom. The Morgan fingerprint density at radius 2 is 1.76 bits per heavy atom. The van der Waals surface area contributed by atoms with Gasteiger partial charge >= 0.3 is 0 Å². The molecule has 0 bridgehead atoms. The standard InChI is InChI=1S/C26H29N3O4/c1-4-19(2)22-7-5-6-8-23(22)32-15-16-33-24-10-9-20(17-25(24)31-3)18-28-29-26(30)21-11-13-27-14-12-21/h5-14,17-19H,4,15-16H2,1-3H3,(H,29,30)/b28-18+. The second kappa shape index (κ2) is 12.2. The van der Waals surface area contributed by atoms with Crippen LogP contribution in [0.1, 0.15) is 47.7 Å². The van der Waals surface area contributed by atoms with E-state index in [1.54, 1.807) is 50.0 Å². The van der Waals surface area contributed by atoms with Gasteiger partial charge in [0.05, 0.1) is 13.3 Å². The number of aromatic nitrogens is 1. The number of carbonyl (C=O) groups is 1. The first-order valence-electron chi connectivity index (χ1n) is 10.9. The first kappa shape index (κ1) is 23.8. The molecule has 1 atom stereocenters. The van der Waals surface area contributed by atoms with E-state index in [0.717, 1.165) is 17.7 Å². The molecule has 0 saturated heterocycles. The number of hydrogen-bond donors (Lipinski definition) is 1. The zero-order valence-corrected chi connectivity index (χ0v) is 19.2. The maximum Gasteiger partial charge on any atom is 0.271 e. The second-order valence-electron chi connectivity index (χ2n) is 7.39. The summed E-state index contributed by atoms with van der Waals surface area (Å²) in [6, 6.07) is 16.8. The van der Waals surface area contributed by atoms with Gasteiger partial charge < -0.3 is 14.2 Å². The fraction of sp³-hybridized carbons (Fsp3) is 0.269. The second-order valence-corrected chi connectivity index (χ2v) is 7.39. The lowest BCUT2D eigenvalue weighted by Gasteiger charge is -2.16. The number of ether oxygens (including phenoxy) is 3. The maximum atomic E-state index is 12.0. The highest BCUT2D eigenvalue weighted by atomic mass is 16.5. The number of para-hydroxylation sites is 1. The van der Waals surface area contributed by atoms with E-state index >= 15 is 0 Å². The smallest absolute Gasteiger partial charge is 0.271 e. The van der Waals surface area contributed by atoms with Crippen molar-refractivity contribution in [1.82, 2.24) is 10.4 Å². The lowest BCUT2D eigenvalue weighted by Crippen LogP contribution is -2.17. The number of benzene rings is 2. The van der Waals surface area contributed by atoms with Crippen molar-refractivity contribution in [1.29, 1.82) is 0 Å². The Kier molecular flexibility index (Phi) is 8.82. The van der Waals surface area contributed by atoms with Crippen molar-refractivity contribution in [3.05, 3.63) is 83.7 Å². The molecule has 0 spiro atoms. The van der Waals surface area contributed by atoms with E-state index in [0.29, 0.717) is 36.2 Å². The average Bonchev–Trinajstić information content (AvgIpc) is 2.87. The minimum atomic E-state index is -0.310. The first-order valence-corrected chi connectivity index (χ1v) is 10.9. The van der Waals surface area contributed by atoms with Gasteiger partial charge in [0.25, 0.3) is 5.91 Å². The molecule has 1 N–H and O–H groups in total.